The molecule has 0 aromatic carbocycles. The number of phosphoric ester groups is 1. The number of aliphatic hydroxyl groups is 1. The van der Waals surface area contributed by atoms with Gasteiger partial charge in [0.1, 0.15) is 13.2 Å². The smallest absolute Gasteiger partial charge is 0.268 e. The topological polar surface area (TPSA) is 108 Å². The molecule has 0 aliphatic rings. The van der Waals surface area contributed by atoms with E-state index in [1.165, 1.54) is 238 Å². The fourth-order valence-electron chi connectivity index (χ4n) is 8.97. The Morgan fingerprint density at radius 2 is 0.809 bits per heavy atom. The second kappa shape index (κ2) is 50.9. The highest BCUT2D eigenvalue weighted by molar-refractivity contribution is 7.45. The van der Waals surface area contributed by atoms with Crippen LogP contribution in [-0.4, -0.2) is 68.5 Å². The Morgan fingerprint density at radius 3 is 1.15 bits per heavy atom. The normalized spacial score (nSPS) is 14.0. The highest BCUT2D eigenvalue weighted by Crippen LogP contribution is 2.38. The second-order valence-corrected chi connectivity index (χ2v) is 23.1. The summed E-state index contributed by atoms with van der Waals surface area (Å²) in [4.78, 5) is 25.5. The summed E-state index contributed by atoms with van der Waals surface area (Å²) in [5.74, 6) is -0.194. The number of carbonyl (C=O) groups is 1. The molecular weight excluding hydrogens is 864 g/mol. The number of carbonyl (C=O) groups excluding carboxylic acids is 1. The molecule has 0 aromatic heterocycles. The minimum absolute atomic E-state index is 0.000749. The summed E-state index contributed by atoms with van der Waals surface area (Å²) >= 11 is 0. The number of nitrogens with one attached hydrogen (secondary N) is 1. The number of likely N-dealkylation sites (N-methyl/N-ethyl adjacent to an activating group) is 1. The van der Waals surface area contributed by atoms with Crippen molar-refractivity contribution in [1.82, 2.24) is 5.32 Å². The first-order valence-electron chi connectivity index (χ1n) is 29.7. The van der Waals surface area contributed by atoms with E-state index in [1.807, 2.05) is 27.2 Å². The molecule has 0 fully saturated rings. The SMILES string of the molecule is CCCCCCCCCCCCCC/C=C\CCCCCCCCCCCCCC(=O)NC(COP(=O)([O-])OCC[N+](C)(C)C)C(O)/C=C/CCCCCCCCCCCCCCCCCCC. The number of hydrogen-bond acceptors (Lipinski definition) is 6. The largest absolute Gasteiger partial charge is 0.756 e. The van der Waals surface area contributed by atoms with Gasteiger partial charge in [-0.05, 0) is 44.9 Å². The van der Waals surface area contributed by atoms with Gasteiger partial charge in [-0.2, -0.15) is 0 Å². The Balaban J connectivity index is 4.15. The summed E-state index contributed by atoms with van der Waals surface area (Å²) in [6, 6.07) is -0.885. The Bertz CT molecular complexity index is 1160. The lowest BCUT2D eigenvalue weighted by molar-refractivity contribution is -0.870. The average molecular weight is 982 g/mol. The van der Waals surface area contributed by atoms with Gasteiger partial charge >= 0.3 is 0 Å². The molecular formula is C59H117N2O6P. The van der Waals surface area contributed by atoms with Gasteiger partial charge in [0.2, 0.25) is 5.91 Å². The maximum absolute atomic E-state index is 13.0. The van der Waals surface area contributed by atoms with E-state index in [0.717, 1.165) is 38.5 Å². The van der Waals surface area contributed by atoms with E-state index in [9.17, 15) is 19.4 Å². The van der Waals surface area contributed by atoms with Crippen LogP contribution in [0.25, 0.3) is 0 Å². The maximum atomic E-state index is 13.0. The van der Waals surface area contributed by atoms with Crippen LogP contribution in [-0.2, 0) is 18.4 Å². The van der Waals surface area contributed by atoms with Crippen molar-refractivity contribution in [3.05, 3.63) is 24.3 Å². The molecule has 0 saturated heterocycles. The van der Waals surface area contributed by atoms with Crippen LogP contribution < -0.4 is 10.2 Å². The van der Waals surface area contributed by atoms with Crippen LogP contribution in [0.5, 0.6) is 0 Å². The molecule has 1 amide bonds. The molecule has 0 spiro atoms. The third-order valence-electron chi connectivity index (χ3n) is 13.7. The number of nitrogens with zero attached hydrogens (tertiary/aromatic N) is 1. The first-order chi connectivity index (χ1) is 33.0. The summed E-state index contributed by atoms with van der Waals surface area (Å²) in [7, 11) is 1.27. The third-order valence-corrected chi connectivity index (χ3v) is 14.6. The van der Waals surface area contributed by atoms with E-state index in [4.69, 9.17) is 9.05 Å². The number of aliphatic hydroxyl groups excluding tert-OH is 1. The van der Waals surface area contributed by atoms with Gasteiger partial charge in [-0.3, -0.25) is 9.36 Å². The summed E-state index contributed by atoms with van der Waals surface area (Å²) in [6.45, 7) is 4.69. The van der Waals surface area contributed by atoms with Crippen LogP contribution in [0, 0.1) is 0 Å². The predicted octanol–water partition coefficient (Wildman–Crippen LogP) is 17.4. The summed E-state index contributed by atoms with van der Waals surface area (Å²) in [5.41, 5.74) is 0. The van der Waals surface area contributed by atoms with E-state index < -0.39 is 20.0 Å². The van der Waals surface area contributed by atoms with Gasteiger partial charge in [0, 0.05) is 6.42 Å². The number of hydrogen-bond donors (Lipinski definition) is 2. The Morgan fingerprint density at radius 1 is 0.500 bits per heavy atom. The van der Waals surface area contributed by atoms with Crippen LogP contribution in [0.3, 0.4) is 0 Å². The summed E-state index contributed by atoms with van der Waals surface area (Å²) < 4.78 is 23.4. The first kappa shape index (κ1) is 67.0. The number of rotatable bonds is 55. The van der Waals surface area contributed by atoms with Crippen LogP contribution >= 0.6 is 7.82 Å². The molecule has 0 heterocycles. The number of amides is 1. The molecule has 404 valence electrons. The number of quaternary nitrogens is 1. The molecule has 9 heteroatoms. The zero-order valence-electron chi connectivity index (χ0n) is 46.1. The van der Waals surface area contributed by atoms with Crippen molar-refractivity contribution in [2.75, 3.05) is 40.9 Å². The molecule has 3 atom stereocenters. The minimum Gasteiger partial charge on any atom is -0.756 e. The van der Waals surface area contributed by atoms with E-state index >= 15 is 0 Å². The van der Waals surface area contributed by atoms with Crippen molar-refractivity contribution < 1.29 is 32.9 Å². The molecule has 3 unspecified atom stereocenters. The van der Waals surface area contributed by atoms with Crippen LogP contribution in [0.4, 0.5) is 0 Å². The molecule has 0 aliphatic carbocycles. The molecule has 0 rings (SSSR count). The van der Waals surface area contributed by atoms with Crippen molar-refractivity contribution in [3.8, 4) is 0 Å². The van der Waals surface area contributed by atoms with Crippen molar-refractivity contribution in [1.29, 1.82) is 0 Å². The molecule has 68 heavy (non-hydrogen) atoms. The van der Waals surface area contributed by atoms with Crippen molar-refractivity contribution in [2.45, 2.75) is 309 Å². The van der Waals surface area contributed by atoms with E-state index in [-0.39, 0.29) is 19.1 Å². The van der Waals surface area contributed by atoms with Gasteiger partial charge in [0.25, 0.3) is 7.82 Å². The minimum atomic E-state index is -4.59. The van der Waals surface area contributed by atoms with Crippen LogP contribution in [0.2, 0.25) is 0 Å². The zero-order valence-corrected chi connectivity index (χ0v) is 47.0. The molecule has 0 radical (unpaired) electrons. The number of phosphoric acid groups is 1. The van der Waals surface area contributed by atoms with Gasteiger partial charge in [-0.25, -0.2) is 0 Å². The van der Waals surface area contributed by atoms with E-state index in [2.05, 4.69) is 31.3 Å². The lowest BCUT2D eigenvalue weighted by Gasteiger charge is -2.29. The fourth-order valence-corrected chi connectivity index (χ4v) is 9.70. The summed E-state index contributed by atoms with van der Waals surface area (Å²) in [5, 5.41) is 13.9. The van der Waals surface area contributed by atoms with Gasteiger partial charge in [-0.1, -0.05) is 269 Å². The van der Waals surface area contributed by atoms with Gasteiger partial charge < -0.3 is 28.8 Å². The molecule has 0 bridgehead atoms. The standard InChI is InChI=1S/C59H117N2O6P/c1-6-8-10-12-14-16-18-20-22-24-26-27-28-29-30-31-32-33-35-37-39-41-43-45-47-49-51-53-59(63)60-57(56-67-68(64,65)66-55-54-61(3,4)5)58(62)52-50-48-46-44-42-40-38-36-34-25-23-21-19-17-15-13-11-9-7-2/h29-30,50,52,57-58,62H,6-28,31-49,51,53-56H2,1-5H3,(H-,60,63,64,65)/b30-29-,52-50+. The monoisotopic (exact) mass is 981 g/mol. The van der Waals surface area contributed by atoms with Crippen molar-refractivity contribution in [2.24, 2.45) is 0 Å². The van der Waals surface area contributed by atoms with Crippen LogP contribution in [0.15, 0.2) is 24.3 Å². The van der Waals surface area contributed by atoms with Gasteiger partial charge in [0.15, 0.2) is 0 Å². The molecule has 2 N–H and O–H groups in total. The van der Waals surface area contributed by atoms with Gasteiger partial charge in [0.05, 0.1) is 39.9 Å². The van der Waals surface area contributed by atoms with Crippen molar-refractivity contribution in [3.63, 3.8) is 0 Å². The quantitative estimate of drug-likeness (QED) is 0.0272. The van der Waals surface area contributed by atoms with Gasteiger partial charge in [-0.15, -0.1) is 0 Å². The third kappa shape index (κ3) is 52.8. The van der Waals surface area contributed by atoms with Crippen LogP contribution in [0.1, 0.15) is 296 Å². The van der Waals surface area contributed by atoms with E-state index in [0.29, 0.717) is 17.4 Å². The average Bonchev–Trinajstić information content (AvgIpc) is 3.30. The zero-order chi connectivity index (χ0) is 49.9. The lowest BCUT2D eigenvalue weighted by atomic mass is 10.0. The Hall–Kier alpha value is -1.02. The second-order valence-electron chi connectivity index (χ2n) is 21.7. The Labute approximate surface area is 424 Å². The first-order valence-corrected chi connectivity index (χ1v) is 31.2. The highest BCUT2D eigenvalue weighted by Gasteiger charge is 2.23. The fraction of sp³-hybridized carbons (Fsp3) is 0.915. The van der Waals surface area contributed by atoms with E-state index in [1.54, 1.807) is 6.08 Å². The molecule has 8 nitrogen and oxygen atoms in total. The highest BCUT2D eigenvalue weighted by atomic mass is 31.2. The Kier molecular flexibility index (Phi) is 50.1. The van der Waals surface area contributed by atoms with Crippen molar-refractivity contribution >= 4 is 13.7 Å². The molecule has 0 saturated carbocycles. The molecule has 0 aromatic rings. The summed E-state index contributed by atoms with van der Waals surface area (Å²) in [6.07, 6.45) is 64.0. The number of unbranched alkanes of at least 4 members (excludes halogenated alkanes) is 40. The molecule has 0 aliphatic heterocycles. The maximum Gasteiger partial charge on any atom is 0.268 e. The number of allylic oxidation sites excluding steroid dienone is 3. The lowest BCUT2D eigenvalue weighted by Crippen LogP contribution is -2.45. The predicted molar refractivity (Wildman–Crippen MR) is 293 cm³/mol.